The van der Waals surface area contributed by atoms with Crippen molar-refractivity contribution in [2.24, 2.45) is 0 Å². The van der Waals surface area contributed by atoms with E-state index in [9.17, 15) is 12.8 Å². The summed E-state index contributed by atoms with van der Waals surface area (Å²) in [4.78, 5) is 13.3. The molecule has 5 aromatic rings. The molecule has 9 nitrogen and oxygen atoms in total. The van der Waals surface area contributed by atoms with Crippen LogP contribution in [0, 0.1) is 5.82 Å². The van der Waals surface area contributed by atoms with Gasteiger partial charge in [-0.3, -0.25) is 4.98 Å². The lowest BCUT2D eigenvalue weighted by Crippen LogP contribution is -2.23. The number of fused-ring (bicyclic) bond motifs is 1. The van der Waals surface area contributed by atoms with E-state index < -0.39 is 9.84 Å². The van der Waals surface area contributed by atoms with Gasteiger partial charge in [-0.05, 0) is 66.6 Å². The van der Waals surface area contributed by atoms with Crippen LogP contribution in [0.15, 0.2) is 83.7 Å². The molecule has 3 heterocycles. The SMILES string of the molecule is CCCS(=O)(=O)CCNCc1ccc(-c2cc3c(Nc4ccc(OCc5cccc(F)c5)cc4)ncnc3cn2)o1. The van der Waals surface area contributed by atoms with Gasteiger partial charge in [0, 0.05) is 23.4 Å². The molecule has 2 N–H and O–H groups in total. The lowest BCUT2D eigenvalue weighted by molar-refractivity contribution is 0.305. The minimum Gasteiger partial charge on any atom is -0.489 e. The molecule has 0 aliphatic carbocycles. The van der Waals surface area contributed by atoms with Crippen molar-refractivity contribution >= 4 is 32.2 Å². The minimum absolute atomic E-state index is 0.0983. The zero-order chi connectivity index (χ0) is 28.7. The summed E-state index contributed by atoms with van der Waals surface area (Å²) < 4.78 is 48.9. The summed E-state index contributed by atoms with van der Waals surface area (Å²) >= 11 is 0. The smallest absolute Gasteiger partial charge is 0.152 e. The van der Waals surface area contributed by atoms with Gasteiger partial charge in [0.05, 0.1) is 24.0 Å². The van der Waals surface area contributed by atoms with Crippen molar-refractivity contribution in [1.29, 1.82) is 0 Å². The van der Waals surface area contributed by atoms with E-state index in [1.54, 1.807) is 12.3 Å². The first-order valence-electron chi connectivity index (χ1n) is 13.2. The topological polar surface area (TPSA) is 119 Å². The molecule has 0 aliphatic heterocycles. The van der Waals surface area contributed by atoms with Crippen LogP contribution < -0.4 is 15.4 Å². The number of aromatic nitrogens is 3. The highest BCUT2D eigenvalue weighted by atomic mass is 32.2. The van der Waals surface area contributed by atoms with Crippen LogP contribution in [0.5, 0.6) is 5.75 Å². The van der Waals surface area contributed by atoms with Crippen LogP contribution in [-0.2, 0) is 23.0 Å². The van der Waals surface area contributed by atoms with Gasteiger partial charge in [0.1, 0.15) is 41.8 Å². The van der Waals surface area contributed by atoms with Gasteiger partial charge in [-0.2, -0.15) is 0 Å². The summed E-state index contributed by atoms with van der Waals surface area (Å²) in [5, 5.41) is 7.21. The van der Waals surface area contributed by atoms with Gasteiger partial charge in [-0.15, -0.1) is 0 Å². The van der Waals surface area contributed by atoms with Gasteiger partial charge in [-0.1, -0.05) is 19.1 Å². The number of rotatable bonds is 13. The third-order valence-corrected chi connectivity index (χ3v) is 8.11. The second-order valence-electron chi connectivity index (χ2n) is 9.47. The molecule has 41 heavy (non-hydrogen) atoms. The van der Waals surface area contributed by atoms with Crippen LogP contribution in [-0.4, -0.2) is 41.4 Å². The number of hydrogen-bond donors (Lipinski definition) is 2. The lowest BCUT2D eigenvalue weighted by atomic mass is 10.2. The van der Waals surface area contributed by atoms with Crippen LogP contribution in [0.25, 0.3) is 22.4 Å². The monoisotopic (exact) mass is 575 g/mol. The Balaban J connectivity index is 1.23. The summed E-state index contributed by atoms with van der Waals surface area (Å²) in [6, 6.07) is 19.3. The van der Waals surface area contributed by atoms with E-state index in [0.29, 0.717) is 53.8 Å². The van der Waals surface area contributed by atoms with Crippen LogP contribution in [0.3, 0.4) is 0 Å². The Morgan fingerprint density at radius 1 is 0.976 bits per heavy atom. The van der Waals surface area contributed by atoms with Crippen LogP contribution in [0.2, 0.25) is 0 Å². The molecule has 0 radical (unpaired) electrons. The normalized spacial score (nSPS) is 11.6. The number of ether oxygens (including phenoxy) is 1. The fourth-order valence-electron chi connectivity index (χ4n) is 4.22. The second-order valence-corrected chi connectivity index (χ2v) is 11.8. The van der Waals surface area contributed by atoms with Crippen LogP contribution in [0.4, 0.5) is 15.9 Å². The molecule has 0 saturated heterocycles. The van der Waals surface area contributed by atoms with Gasteiger partial charge in [0.25, 0.3) is 0 Å². The molecule has 0 aliphatic rings. The molecular weight excluding hydrogens is 545 g/mol. The molecule has 212 valence electrons. The lowest BCUT2D eigenvalue weighted by Gasteiger charge is -2.10. The average molecular weight is 576 g/mol. The molecule has 0 spiro atoms. The number of sulfone groups is 1. The number of nitrogens with zero attached hydrogens (tertiary/aromatic N) is 3. The van der Waals surface area contributed by atoms with Crippen molar-refractivity contribution < 1.29 is 22.0 Å². The van der Waals surface area contributed by atoms with Gasteiger partial charge in [0.15, 0.2) is 15.6 Å². The predicted molar refractivity (Wildman–Crippen MR) is 156 cm³/mol. The van der Waals surface area contributed by atoms with Gasteiger partial charge < -0.3 is 19.8 Å². The maximum absolute atomic E-state index is 13.4. The Bertz CT molecular complexity index is 1730. The van der Waals surface area contributed by atoms with E-state index in [1.165, 1.54) is 18.5 Å². The van der Waals surface area contributed by atoms with Gasteiger partial charge in [-0.25, -0.2) is 22.8 Å². The Labute approximate surface area is 237 Å². The Morgan fingerprint density at radius 3 is 2.63 bits per heavy atom. The fourth-order valence-corrected chi connectivity index (χ4v) is 5.50. The Kier molecular flexibility index (Phi) is 8.85. The van der Waals surface area contributed by atoms with Crippen molar-refractivity contribution in [2.75, 3.05) is 23.4 Å². The van der Waals surface area contributed by atoms with Crippen molar-refractivity contribution in [3.05, 3.63) is 96.4 Å². The van der Waals surface area contributed by atoms with Gasteiger partial charge >= 0.3 is 0 Å². The molecule has 0 saturated carbocycles. The van der Waals surface area contributed by atoms with E-state index >= 15 is 0 Å². The number of nitrogens with one attached hydrogen (secondary N) is 2. The first-order chi connectivity index (χ1) is 19.9. The average Bonchev–Trinajstić information content (AvgIpc) is 3.44. The molecule has 0 atom stereocenters. The molecule has 5 rings (SSSR count). The summed E-state index contributed by atoms with van der Waals surface area (Å²) in [5.41, 5.74) is 2.84. The largest absolute Gasteiger partial charge is 0.489 e. The number of pyridine rings is 1. The second kappa shape index (κ2) is 12.9. The summed E-state index contributed by atoms with van der Waals surface area (Å²) in [5.74, 6) is 2.53. The highest BCUT2D eigenvalue weighted by molar-refractivity contribution is 7.91. The number of benzene rings is 2. The van der Waals surface area contributed by atoms with E-state index in [0.717, 1.165) is 16.6 Å². The first-order valence-corrected chi connectivity index (χ1v) is 15.1. The van der Waals surface area contributed by atoms with Crippen molar-refractivity contribution in [2.45, 2.75) is 26.5 Å². The number of hydrogen-bond acceptors (Lipinski definition) is 9. The minimum atomic E-state index is -3.03. The van der Waals surface area contributed by atoms with Crippen molar-refractivity contribution in [3.63, 3.8) is 0 Å². The molecule has 0 fully saturated rings. The maximum Gasteiger partial charge on any atom is 0.152 e. The zero-order valence-electron chi connectivity index (χ0n) is 22.5. The Hall–Kier alpha value is -4.35. The highest BCUT2D eigenvalue weighted by Gasteiger charge is 2.12. The molecule has 3 aromatic heterocycles. The standard InChI is InChI=1S/C30H30FN5O4S/c1-2-13-41(37,38)14-12-32-17-25-10-11-29(40-25)27-16-26-28(18-33-27)34-20-35-30(26)36-23-6-8-24(9-7-23)39-19-21-4-3-5-22(31)15-21/h3-11,15-16,18,20,32H,2,12-14,17,19H2,1H3,(H,34,35,36). The summed E-state index contributed by atoms with van der Waals surface area (Å²) in [6.45, 7) is 2.89. The summed E-state index contributed by atoms with van der Waals surface area (Å²) in [7, 11) is -3.03. The molecular formula is C30H30FN5O4S. The van der Waals surface area contributed by atoms with Crippen LogP contribution in [0.1, 0.15) is 24.7 Å². The predicted octanol–water partition coefficient (Wildman–Crippen LogP) is 5.66. The molecule has 0 amide bonds. The summed E-state index contributed by atoms with van der Waals surface area (Å²) in [6.07, 6.45) is 3.76. The third kappa shape index (κ3) is 7.65. The number of anilines is 2. The zero-order valence-corrected chi connectivity index (χ0v) is 23.3. The number of halogens is 1. The number of furan rings is 1. The molecule has 2 aromatic carbocycles. The quantitative estimate of drug-likeness (QED) is 0.171. The van der Waals surface area contributed by atoms with Crippen molar-refractivity contribution in [1.82, 2.24) is 20.3 Å². The van der Waals surface area contributed by atoms with E-state index in [1.807, 2.05) is 55.5 Å². The molecule has 11 heteroatoms. The van der Waals surface area contributed by atoms with E-state index in [2.05, 4.69) is 25.6 Å². The molecule has 0 bridgehead atoms. The highest BCUT2D eigenvalue weighted by Crippen LogP contribution is 2.28. The molecule has 0 unspecified atom stereocenters. The van der Waals surface area contributed by atoms with Crippen LogP contribution >= 0.6 is 0 Å². The fraction of sp³-hybridized carbons (Fsp3) is 0.233. The first kappa shape index (κ1) is 28.2. The van der Waals surface area contributed by atoms with E-state index in [4.69, 9.17) is 9.15 Å². The maximum atomic E-state index is 13.4. The Morgan fingerprint density at radius 2 is 1.83 bits per heavy atom. The van der Waals surface area contributed by atoms with Gasteiger partial charge in [0.2, 0.25) is 0 Å². The third-order valence-electron chi connectivity index (χ3n) is 6.25. The van der Waals surface area contributed by atoms with Crippen molar-refractivity contribution in [3.8, 4) is 17.2 Å². The van der Waals surface area contributed by atoms with E-state index in [-0.39, 0.29) is 23.9 Å².